The second-order valence-corrected chi connectivity index (χ2v) is 7.26. The van der Waals surface area contributed by atoms with Crippen LogP contribution in [0.15, 0.2) is 33.5 Å². The lowest BCUT2D eigenvalue weighted by Gasteiger charge is -2.44. The Balaban J connectivity index is 1.65. The van der Waals surface area contributed by atoms with Crippen LogP contribution in [0.1, 0.15) is 38.2 Å². The maximum atomic E-state index is 11.9. The van der Waals surface area contributed by atoms with Crippen LogP contribution in [-0.4, -0.2) is 34.8 Å². The molecular weight excluding hydrogens is 306 g/mol. The van der Waals surface area contributed by atoms with Crippen molar-refractivity contribution in [2.75, 3.05) is 13.1 Å². The number of rotatable bonds is 2. The van der Waals surface area contributed by atoms with Crippen LogP contribution in [0.3, 0.4) is 0 Å². The molecule has 1 aromatic carbocycles. The van der Waals surface area contributed by atoms with Crippen LogP contribution in [0.2, 0.25) is 0 Å². The summed E-state index contributed by atoms with van der Waals surface area (Å²) in [6.07, 6.45) is 4.92. The molecule has 1 aromatic heterocycles. The quantitative estimate of drug-likeness (QED) is 0.858. The zero-order valence-corrected chi connectivity index (χ0v) is 14.0. The standard InChI is InChI=1S/C19H23NO4/c1-13-10-20(12-19(24-13)6-2-3-7-19)11-14-8-18(22)23-17-9-15(21)4-5-16(14)17/h4-5,8-9,13,21H,2-3,6-7,10-12H2,1H3. The van der Waals surface area contributed by atoms with Crippen molar-refractivity contribution in [2.24, 2.45) is 0 Å². The molecule has 5 heteroatoms. The van der Waals surface area contributed by atoms with Gasteiger partial charge < -0.3 is 14.3 Å². The van der Waals surface area contributed by atoms with Crippen LogP contribution in [0.25, 0.3) is 11.0 Å². The van der Waals surface area contributed by atoms with Gasteiger partial charge in [0, 0.05) is 37.2 Å². The summed E-state index contributed by atoms with van der Waals surface area (Å²) < 4.78 is 11.5. The van der Waals surface area contributed by atoms with E-state index in [0.29, 0.717) is 12.1 Å². The van der Waals surface area contributed by atoms with E-state index in [1.165, 1.54) is 18.9 Å². The highest BCUT2D eigenvalue weighted by molar-refractivity contribution is 5.81. The van der Waals surface area contributed by atoms with Gasteiger partial charge in [-0.05, 0) is 37.5 Å². The molecular formula is C19H23NO4. The second kappa shape index (κ2) is 5.90. The molecule has 1 aliphatic carbocycles. The molecule has 1 saturated heterocycles. The number of fused-ring (bicyclic) bond motifs is 1. The van der Waals surface area contributed by atoms with E-state index in [2.05, 4.69) is 11.8 Å². The Kier molecular flexibility index (Phi) is 3.85. The number of morpholine rings is 1. The maximum Gasteiger partial charge on any atom is 0.336 e. The number of aromatic hydroxyl groups is 1. The molecule has 128 valence electrons. The molecule has 1 atom stereocenters. The van der Waals surface area contributed by atoms with Gasteiger partial charge in [0.25, 0.3) is 0 Å². The van der Waals surface area contributed by atoms with Crippen molar-refractivity contribution in [3.8, 4) is 5.75 Å². The van der Waals surface area contributed by atoms with Crippen molar-refractivity contribution >= 4 is 11.0 Å². The number of hydrogen-bond donors (Lipinski definition) is 1. The Hall–Kier alpha value is -1.85. The van der Waals surface area contributed by atoms with E-state index in [1.807, 2.05) is 6.07 Å². The summed E-state index contributed by atoms with van der Waals surface area (Å²) in [7, 11) is 0. The minimum absolute atomic E-state index is 0.00874. The van der Waals surface area contributed by atoms with Gasteiger partial charge in [-0.2, -0.15) is 0 Å². The molecule has 5 nitrogen and oxygen atoms in total. The molecule has 2 aliphatic rings. The maximum absolute atomic E-state index is 11.9. The van der Waals surface area contributed by atoms with Gasteiger partial charge in [-0.25, -0.2) is 4.79 Å². The summed E-state index contributed by atoms with van der Waals surface area (Å²) in [5, 5.41) is 10.5. The van der Waals surface area contributed by atoms with Gasteiger partial charge in [0.1, 0.15) is 11.3 Å². The van der Waals surface area contributed by atoms with E-state index in [9.17, 15) is 9.90 Å². The van der Waals surface area contributed by atoms with Gasteiger partial charge in [-0.3, -0.25) is 4.90 Å². The van der Waals surface area contributed by atoms with Crippen molar-refractivity contribution in [1.29, 1.82) is 0 Å². The van der Waals surface area contributed by atoms with Crippen LogP contribution >= 0.6 is 0 Å². The number of hydrogen-bond acceptors (Lipinski definition) is 5. The number of phenolic OH excluding ortho intramolecular Hbond substituents is 1. The van der Waals surface area contributed by atoms with Gasteiger partial charge in [0.05, 0.1) is 11.7 Å². The van der Waals surface area contributed by atoms with Gasteiger partial charge >= 0.3 is 5.63 Å². The van der Waals surface area contributed by atoms with Gasteiger partial charge in [-0.1, -0.05) is 12.8 Å². The van der Waals surface area contributed by atoms with Gasteiger partial charge in [-0.15, -0.1) is 0 Å². The SMILES string of the molecule is CC1CN(Cc2cc(=O)oc3cc(O)ccc23)CC2(CCCC2)O1. The molecule has 1 saturated carbocycles. The molecule has 2 aromatic rings. The highest BCUT2D eigenvalue weighted by Gasteiger charge is 2.41. The molecule has 1 aliphatic heterocycles. The van der Waals surface area contributed by atoms with Crippen LogP contribution in [0.5, 0.6) is 5.75 Å². The number of nitrogens with zero attached hydrogens (tertiary/aromatic N) is 1. The highest BCUT2D eigenvalue weighted by atomic mass is 16.5. The number of ether oxygens (including phenoxy) is 1. The van der Waals surface area contributed by atoms with Gasteiger partial charge in [0.15, 0.2) is 0 Å². The minimum atomic E-state index is -0.375. The van der Waals surface area contributed by atoms with E-state index in [0.717, 1.165) is 36.9 Å². The van der Waals surface area contributed by atoms with E-state index in [1.54, 1.807) is 12.1 Å². The topological polar surface area (TPSA) is 62.9 Å². The molecule has 1 spiro atoms. The molecule has 2 heterocycles. The first-order valence-corrected chi connectivity index (χ1v) is 8.69. The van der Waals surface area contributed by atoms with Crippen LogP contribution in [0, 0.1) is 0 Å². The van der Waals surface area contributed by atoms with Crippen molar-refractivity contribution in [2.45, 2.75) is 50.9 Å². The Morgan fingerprint density at radius 2 is 2.08 bits per heavy atom. The van der Waals surface area contributed by atoms with Crippen LogP contribution < -0.4 is 5.63 Å². The lowest BCUT2D eigenvalue weighted by molar-refractivity contribution is -0.146. The molecule has 0 amide bonds. The third-order valence-corrected chi connectivity index (χ3v) is 5.20. The van der Waals surface area contributed by atoms with E-state index in [4.69, 9.17) is 9.15 Å². The largest absolute Gasteiger partial charge is 0.508 e. The molecule has 4 rings (SSSR count). The Bertz CT molecular complexity index is 807. The monoisotopic (exact) mass is 329 g/mol. The second-order valence-electron chi connectivity index (χ2n) is 7.26. The summed E-state index contributed by atoms with van der Waals surface area (Å²) >= 11 is 0. The number of phenols is 1. The Morgan fingerprint density at radius 1 is 1.29 bits per heavy atom. The lowest BCUT2D eigenvalue weighted by atomic mass is 9.97. The molecule has 24 heavy (non-hydrogen) atoms. The predicted molar refractivity (Wildman–Crippen MR) is 91.2 cm³/mol. The third kappa shape index (κ3) is 2.94. The lowest BCUT2D eigenvalue weighted by Crippen LogP contribution is -2.53. The number of benzene rings is 1. The van der Waals surface area contributed by atoms with Gasteiger partial charge in [0.2, 0.25) is 0 Å². The summed E-state index contributed by atoms with van der Waals surface area (Å²) in [6.45, 7) is 4.60. The summed E-state index contributed by atoms with van der Waals surface area (Å²) in [5.74, 6) is 0.104. The molecule has 0 radical (unpaired) electrons. The first-order chi connectivity index (χ1) is 11.5. The summed E-state index contributed by atoms with van der Waals surface area (Å²) in [5.41, 5.74) is 1.00. The summed E-state index contributed by atoms with van der Waals surface area (Å²) in [6, 6.07) is 6.52. The fraction of sp³-hybridized carbons (Fsp3) is 0.526. The molecule has 1 N–H and O–H groups in total. The molecule has 2 fully saturated rings. The van der Waals surface area contributed by atoms with E-state index < -0.39 is 0 Å². The smallest absolute Gasteiger partial charge is 0.336 e. The van der Waals surface area contributed by atoms with E-state index >= 15 is 0 Å². The molecule has 0 bridgehead atoms. The first-order valence-electron chi connectivity index (χ1n) is 8.69. The average molecular weight is 329 g/mol. The molecule has 1 unspecified atom stereocenters. The Morgan fingerprint density at radius 3 is 2.88 bits per heavy atom. The van der Waals surface area contributed by atoms with Crippen molar-refractivity contribution in [1.82, 2.24) is 4.90 Å². The third-order valence-electron chi connectivity index (χ3n) is 5.20. The summed E-state index contributed by atoms with van der Waals surface area (Å²) in [4.78, 5) is 14.3. The normalized spacial score (nSPS) is 24.0. The fourth-order valence-electron chi connectivity index (χ4n) is 4.34. The zero-order valence-electron chi connectivity index (χ0n) is 14.0. The van der Waals surface area contributed by atoms with Crippen molar-refractivity contribution in [3.05, 3.63) is 40.2 Å². The van der Waals surface area contributed by atoms with Crippen molar-refractivity contribution < 1.29 is 14.3 Å². The van der Waals surface area contributed by atoms with Crippen molar-refractivity contribution in [3.63, 3.8) is 0 Å². The Labute approximate surface area is 140 Å². The predicted octanol–water partition coefficient (Wildman–Crippen LogP) is 3.03. The fourth-order valence-corrected chi connectivity index (χ4v) is 4.34. The van der Waals surface area contributed by atoms with Crippen LogP contribution in [-0.2, 0) is 11.3 Å². The zero-order chi connectivity index (χ0) is 16.7. The highest BCUT2D eigenvalue weighted by Crippen LogP contribution is 2.38. The van der Waals surface area contributed by atoms with Crippen LogP contribution in [0.4, 0.5) is 0 Å². The van der Waals surface area contributed by atoms with E-state index in [-0.39, 0.29) is 23.1 Å². The average Bonchev–Trinajstić information content (AvgIpc) is 2.93. The minimum Gasteiger partial charge on any atom is -0.508 e. The first kappa shape index (κ1) is 15.7.